The summed E-state index contributed by atoms with van der Waals surface area (Å²) in [5, 5.41) is 3.75. The van der Waals surface area contributed by atoms with Crippen LogP contribution in [0, 0.1) is 24.7 Å². The van der Waals surface area contributed by atoms with Gasteiger partial charge in [0.25, 0.3) is 0 Å². The highest BCUT2D eigenvalue weighted by molar-refractivity contribution is 9.10. The largest absolute Gasteiger partial charge is 0.310 e. The zero-order chi connectivity index (χ0) is 14.7. The van der Waals surface area contributed by atoms with Crippen LogP contribution in [0.2, 0.25) is 0 Å². The monoisotopic (exact) mass is 337 g/mol. The van der Waals surface area contributed by atoms with Crippen LogP contribution in [-0.4, -0.2) is 6.54 Å². The van der Waals surface area contributed by atoms with E-state index in [9.17, 15) is 0 Å². The minimum atomic E-state index is 0.507. The third-order valence-corrected chi connectivity index (χ3v) is 6.04. The summed E-state index contributed by atoms with van der Waals surface area (Å²) < 4.78 is 1.23. The summed E-state index contributed by atoms with van der Waals surface area (Å²) in [5.74, 6) is 2.51. The van der Waals surface area contributed by atoms with E-state index in [0.29, 0.717) is 6.04 Å². The summed E-state index contributed by atoms with van der Waals surface area (Å²) in [7, 11) is 0. The molecule has 1 aromatic carbocycles. The van der Waals surface area contributed by atoms with E-state index in [-0.39, 0.29) is 0 Å². The molecule has 0 heterocycles. The molecule has 1 nitrogen and oxygen atoms in total. The van der Waals surface area contributed by atoms with Crippen molar-refractivity contribution in [3.8, 4) is 0 Å². The lowest BCUT2D eigenvalue weighted by Crippen LogP contribution is -2.33. The normalized spacial score (nSPS) is 28.4. The summed E-state index contributed by atoms with van der Waals surface area (Å²) in [6.07, 6.45) is 4.08. The third-order valence-electron chi connectivity index (χ3n) is 5.18. The van der Waals surface area contributed by atoms with Crippen molar-refractivity contribution in [2.24, 2.45) is 17.8 Å². The summed E-state index contributed by atoms with van der Waals surface area (Å²) in [5.41, 5.74) is 2.87. The maximum absolute atomic E-state index is 3.75. The average molecular weight is 338 g/mol. The second kappa shape index (κ2) is 7.09. The van der Waals surface area contributed by atoms with E-state index in [0.717, 1.165) is 24.3 Å². The second-order valence-corrected chi connectivity index (χ2v) is 7.37. The van der Waals surface area contributed by atoms with Crippen molar-refractivity contribution in [3.63, 3.8) is 0 Å². The zero-order valence-corrected chi connectivity index (χ0v) is 14.8. The highest BCUT2D eigenvalue weighted by Gasteiger charge is 2.31. The van der Waals surface area contributed by atoms with Gasteiger partial charge in [-0.15, -0.1) is 0 Å². The molecule has 4 atom stereocenters. The van der Waals surface area contributed by atoms with Crippen molar-refractivity contribution in [1.29, 1.82) is 0 Å². The van der Waals surface area contributed by atoms with E-state index >= 15 is 0 Å². The maximum Gasteiger partial charge on any atom is 0.0351 e. The molecule has 1 N–H and O–H groups in total. The number of rotatable bonds is 4. The van der Waals surface area contributed by atoms with Gasteiger partial charge in [0.1, 0.15) is 0 Å². The average Bonchev–Trinajstić information content (AvgIpc) is 2.43. The molecule has 1 aliphatic carbocycles. The van der Waals surface area contributed by atoms with Crippen LogP contribution >= 0.6 is 15.9 Å². The highest BCUT2D eigenvalue weighted by Crippen LogP contribution is 2.41. The van der Waals surface area contributed by atoms with Crippen molar-refractivity contribution < 1.29 is 0 Å². The van der Waals surface area contributed by atoms with Crippen LogP contribution in [0.25, 0.3) is 0 Å². The fourth-order valence-corrected chi connectivity index (χ4v) is 3.99. The van der Waals surface area contributed by atoms with Gasteiger partial charge in [-0.25, -0.2) is 0 Å². The molecule has 1 aromatic rings. The molecule has 112 valence electrons. The zero-order valence-electron chi connectivity index (χ0n) is 13.2. The number of nitrogens with one attached hydrogen (secondary N) is 1. The number of benzene rings is 1. The smallest absolute Gasteiger partial charge is 0.0351 e. The van der Waals surface area contributed by atoms with E-state index in [1.165, 1.54) is 34.9 Å². The van der Waals surface area contributed by atoms with Gasteiger partial charge in [0, 0.05) is 10.5 Å². The first-order valence-corrected chi connectivity index (χ1v) is 8.82. The minimum Gasteiger partial charge on any atom is -0.310 e. The first-order valence-electron chi connectivity index (χ1n) is 8.03. The topological polar surface area (TPSA) is 12.0 Å². The van der Waals surface area contributed by atoms with Crippen LogP contribution in [0.15, 0.2) is 22.7 Å². The molecule has 2 heteroatoms. The molecule has 0 radical (unpaired) electrons. The van der Waals surface area contributed by atoms with Crippen LogP contribution in [0.1, 0.15) is 57.2 Å². The SMILES string of the molecule is CCNC(c1cccc(Br)c1C)C1CCC(C)C(C)C1. The Morgan fingerprint density at radius 2 is 2.00 bits per heavy atom. The van der Waals surface area contributed by atoms with Gasteiger partial charge < -0.3 is 5.32 Å². The molecule has 1 fully saturated rings. The van der Waals surface area contributed by atoms with Crippen LogP contribution < -0.4 is 5.32 Å². The molecule has 0 aliphatic heterocycles. The standard InChI is InChI=1S/C18H28BrN/c1-5-20-18(15-10-9-12(2)13(3)11-15)16-7-6-8-17(19)14(16)4/h6-8,12-13,15,18,20H,5,9-11H2,1-4H3. The van der Waals surface area contributed by atoms with Crippen molar-refractivity contribution in [2.45, 2.75) is 53.0 Å². The Morgan fingerprint density at radius 3 is 2.65 bits per heavy atom. The van der Waals surface area contributed by atoms with Crippen LogP contribution in [0.4, 0.5) is 0 Å². The number of hydrogen-bond donors (Lipinski definition) is 1. The summed E-state index contributed by atoms with van der Waals surface area (Å²) in [6, 6.07) is 7.13. The number of hydrogen-bond acceptors (Lipinski definition) is 1. The predicted octanol–water partition coefficient (Wildman–Crippen LogP) is 5.48. The molecule has 0 spiro atoms. The van der Waals surface area contributed by atoms with E-state index in [1.807, 2.05) is 0 Å². The van der Waals surface area contributed by atoms with Crippen LogP contribution in [0.5, 0.6) is 0 Å². The molecule has 4 unspecified atom stereocenters. The number of halogens is 1. The molecular weight excluding hydrogens is 310 g/mol. The Kier molecular flexibility index (Phi) is 5.68. The van der Waals surface area contributed by atoms with Gasteiger partial charge in [-0.1, -0.05) is 55.3 Å². The van der Waals surface area contributed by atoms with Gasteiger partial charge >= 0.3 is 0 Å². The van der Waals surface area contributed by atoms with Crippen molar-refractivity contribution in [3.05, 3.63) is 33.8 Å². The molecule has 20 heavy (non-hydrogen) atoms. The first kappa shape index (κ1) is 16.0. The van der Waals surface area contributed by atoms with Crippen molar-refractivity contribution in [1.82, 2.24) is 5.32 Å². The third kappa shape index (κ3) is 3.46. The predicted molar refractivity (Wildman–Crippen MR) is 91.0 cm³/mol. The lowest BCUT2D eigenvalue weighted by molar-refractivity contribution is 0.171. The van der Waals surface area contributed by atoms with Gasteiger partial charge in [-0.05, 0) is 61.3 Å². The van der Waals surface area contributed by atoms with Gasteiger partial charge in [0.05, 0.1) is 0 Å². The van der Waals surface area contributed by atoms with Gasteiger partial charge in [0.2, 0.25) is 0 Å². The van der Waals surface area contributed by atoms with Crippen molar-refractivity contribution in [2.75, 3.05) is 6.54 Å². The molecule has 2 rings (SSSR count). The van der Waals surface area contributed by atoms with E-state index in [2.05, 4.69) is 67.1 Å². The van der Waals surface area contributed by atoms with E-state index < -0.39 is 0 Å². The Bertz CT molecular complexity index is 443. The fourth-order valence-electron chi connectivity index (χ4n) is 3.60. The Morgan fingerprint density at radius 1 is 1.25 bits per heavy atom. The second-order valence-electron chi connectivity index (χ2n) is 6.52. The maximum atomic E-state index is 3.75. The molecule has 1 saturated carbocycles. The van der Waals surface area contributed by atoms with Gasteiger partial charge in [0.15, 0.2) is 0 Å². The Balaban J connectivity index is 2.24. The molecule has 0 bridgehead atoms. The Labute approximate surface area is 132 Å². The lowest BCUT2D eigenvalue weighted by atomic mass is 9.71. The van der Waals surface area contributed by atoms with Crippen LogP contribution in [0.3, 0.4) is 0 Å². The summed E-state index contributed by atoms with van der Waals surface area (Å²) in [4.78, 5) is 0. The molecule has 0 aromatic heterocycles. The molecule has 1 aliphatic rings. The minimum absolute atomic E-state index is 0.507. The molecule has 0 saturated heterocycles. The van der Waals surface area contributed by atoms with E-state index in [1.54, 1.807) is 0 Å². The lowest BCUT2D eigenvalue weighted by Gasteiger charge is -2.38. The molecule has 0 amide bonds. The summed E-state index contributed by atoms with van der Waals surface area (Å²) in [6.45, 7) is 10.3. The van der Waals surface area contributed by atoms with E-state index in [4.69, 9.17) is 0 Å². The quantitative estimate of drug-likeness (QED) is 0.766. The van der Waals surface area contributed by atoms with Crippen LogP contribution in [-0.2, 0) is 0 Å². The van der Waals surface area contributed by atoms with Gasteiger partial charge in [-0.3, -0.25) is 0 Å². The molecular formula is C18H28BrN. The fraction of sp³-hybridized carbons (Fsp3) is 0.667. The first-order chi connectivity index (χ1) is 9.54. The van der Waals surface area contributed by atoms with Gasteiger partial charge in [-0.2, -0.15) is 0 Å². The highest BCUT2D eigenvalue weighted by atomic mass is 79.9. The van der Waals surface area contributed by atoms with Crippen molar-refractivity contribution >= 4 is 15.9 Å². The summed E-state index contributed by atoms with van der Waals surface area (Å²) >= 11 is 3.68. The Hall–Kier alpha value is -0.340.